The van der Waals surface area contributed by atoms with Gasteiger partial charge in [0.1, 0.15) is 5.75 Å². The quantitative estimate of drug-likeness (QED) is 0.179. The maximum Gasteiger partial charge on any atom is 0.240 e. The Morgan fingerprint density at radius 3 is 1.63 bits per heavy atom. The zero-order chi connectivity index (χ0) is 33.1. The average molecular weight is 653 g/mol. The van der Waals surface area contributed by atoms with Gasteiger partial charge < -0.3 is 13.3 Å². The van der Waals surface area contributed by atoms with Crippen molar-refractivity contribution >= 4 is 54.7 Å². The molecule has 4 nitrogen and oxygen atoms in total. The summed E-state index contributed by atoms with van der Waals surface area (Å²) >= 11 is -1.65. The maximum absolute atomic E-state index is 13.3. The molecule has 9 aromatic rings. The van der Waals surface area contributed by atoms with Crippen LogP contribution >= 0.6 is 0 Å². The first-order valence-electron chi connectivity index (χ1n) is 16.4. The number of hydrogen-bond acceptors (Lipinski definition) is 2. The number of benzene rings is 7. The van der Waals surface area contributed by atoms with Crippen molar-refractivity contribution in [3.05, 3.63) is 169 Å². The fourth-order valence-corrected chi connectivity index (χ4v) is 8.00. The molecular formula is C44H32N2O2S. The van der Waals surface area contributed by atoms with E-state index in [9.17, 15) is 4.21 Å². The van der Waals surface area contributed by atoms with Crippen LogP contribution in [0.2, 0.25) is 0 Å². The van der Waals surface area contributed by atoms with Crippen LogP contribution in [-0.2, 0) is 11.1 Å². The number of aryl methyl sites for hydroxylation is 2. The lowest BCUT2D eigenvalue weighted by molar-refractivity contribution is 0.562. The summed E-state index contributed by atoms with van der Waals surface area (Å²) in [5, 5.41) is 4.85. The lowest BCUT2D eigenvalue weighted by Crippen LogP contribution is -2.01. The van der Waals surface area contributed by atoms with Gasteiger partial charge >= 0.3 is 0 Å². The maximum atomic E-state index is 13.3. The third-order valence-corrected chi connectivity index (χ3v) is 10.3. The van der Waals surface area contributed by atoms with E-state index in [-0.39, 0.29) is 0 Å². The summed E-state index contributed by atoms with van der Waals surface area (Å²) in [5.74, 6) is 0.589. The number of hydrogen-bond donors (Lipinski definition) is 0. The molecule has 0 fully saturated rings. The second-order valence-electron chi connectivity index (χ2n) is 12.6. The smallest absolute Gasteiger partial charge is 0.240 e. The van der Waals surface area contributed by atoms with Gasteiger partial charge in [-0.15, -0.1) is 0 Å². The standard InChI is InChI=1S/C44H32N2O2S/c1-29-11-7-15-33(25-29)45-41-21-5-3-19-37(41)39-23-24-40-38-20-4-6-22-42(38)46(44(40)43(39)45)34-16-9-13-31(27-34)32-14-10-18-36(28-32)49(47)48-35-17-8-12-30(2)26-35/h3-28H,1-2H3. The molecule has 49 heavy (non-hydrogen) atoms. The minimum absolute atomic E-state index is 0.589. The third-order valence-electron chi connectivity index (χ3n) is 9.35. The highest BCUT2D eigenvalue weighted by atomic mass is 32.2. The van der Waals surface area contributed by atoms with Gasteiger partial charge in [-0.05, 0) is 96.8 Å². The summed E-state index contributed by atoms with van der Waals surface area (Å²) in [6, 6.07) is 54.7. The minimum Gasteiger partial charge on any atom is -0.397 e. The second-order valence-corrected chi connectivity index (χ2v) is 13.7. The van der Waals surface area contributed by atoms with Crippen molar-refractivity contribution in [3.8, 4) is 28.3 Å². The van der Waals surface area contributed by atoms with E-state index >= 15 is 0 Å². The van der Waals surface area contributed by atoms with Gasteiger partial charge in [-0.1, -0.05) is 97.1 Å². The van der Waals surface area contributed by atoms with Gasteiger partial charge in [0.15, 0.2) is 0 Å². The molecule has 5 heteroatoms. The van der Waals surface area contributed by atoms with E-state index in [1.165, 1.54) is 38.1 Å². The topological polar surface area (TPSA) is 36.2 Å². The summed E-state index contributed by atoms with van der Waals surface area (Å²) in [6.45, 7) is 4.14. The van der Waals surface area contributed by atoms with Crippen LogP contribution in [0.1, 0.15) is 11.1 Å². The molecule has 236 valence electrons. The number of aromatic nitrogens is 2. The van der Waals surface area contributed by atoms with E-state index in [0.29, 0.717) is 10.6 Å². The van der Waals surface area contributed by atoms with Gasteiger partial charge in [0, 0.05) is 32.9 Å². The molecule has 0 radical (unpaired) electrons. The fourth-order valence-electron chi connectivity index (χ4n) is 7.21. The molecule has 0 aliphatic heterocycles. The highest BCUT2D eigenvalue weighted by molar-refractivity contribution is 7.80. The summed E-state index contributed by atoms with van der Waals surface area (Å²) in [6.07, 6.45) is 0. The van der Waals surface area contributed by atoms with Crippen LogP contribution in [0.3, 0.4) is 0 Å². The molecule has 7 aromatic carbocycles. The van der Waals surface area contributed by atoms with Gasteiger partial charge in [-0.25, -0.2) is 4.21 Å². The first kappa shape index (κ1) is 29.2. The molecule has 0 aliphatic carbocycles. The zero-order valence-electron chi connectivity index (χ0n) is 27.1. The Kier molecular flexibility index (Phi) is 6.96. The predicted molar refractivity (Wildman–Crippen MR) is 204 cm³/mol. The lowest BCUT2D eigenvalue weighted by atomic mass is 10.0. The van der Waals surface area contributed by atoms with E-state index in [1.54, 1.807) is 0 Å². The monoisotopic (exact) mass is 652 g/mol. The molecule has 0 spiro atoms. The van der Waals surface area contributed by atoms with Gasteiger partial charge in [-0.2, -0.15) is 0 Å². The molecular weight excluding hydrogens is 621 g/mol. The lowest BCUT2D eigenvalue weighted by Gasteiger charge is -2.14. The molecule has 9 rings (SSSR count). The van der Waals surface area contributed by atoms with Crippen LogP contribution in [0.15, 0.2) is 163 Å². The molecule has 0 saturated carbocycles. The van der Waals surface area contributed by atoms with Gasteiger partial charge in [0.2, 0.25) is 11.1 Å². The van der Waals surface area contributed by atoms with Crippen LogP contribution in [0, 0.1) is 13.8 Å². The van der Waals surface area contributed by atoms with E-state index in [2.05, 4.69) is 131 Å². The Hall–Kier alpha value is -5.91. The Morgan fingerprint density at radius 1 is 0.469 bits per heavy atom. The molecule has 0 N–H and O–H groups in total. The second kappa shape index (κ2) is 11.7. The van der Waals surface area contributed by atoms with E-state index in [1.807, 2.05) is 49.4 Å². The summed E-state index contributed by atoms with van der Waals surface area (Å²) < 4.78 is 24.0. The third kappa shape index (κ3) is 4.93. The first-order chi connectivity index (χ1) is 24.0. The molecule has 0 bridgehead atoms. The van der Waals surface area contributed by atoms with Crippen molar-refractivity contribution in [1.29, 1.82) is 0 Å². The molecule has 0 amide bonds. The van der Waals surface area contributed by atoms with Crippen LogP contribution in [0.5, 0.6) is 5.75 Å². The van der Waals surface area contributed by atoms with Gasteiger partial charge in [-0.3, -0.25) is 0 Å². The Labute approximate surface area is 287 Å². The van der Waals surface area contributed by atoms with Crippen molar-refractivity contribution < 1.29 is 8.39 Å². The van der Waals surface area contributed by atoms with E-state index < -0.39 is 11.1 Å². The Bertz CT molecular complexity index is 2750. The van der Waals surface area contributed by atoms with Crippen LogP contribution in [-0.4, -0.2) is 13.3 Å². The number of rotatable bonds is 6. The molecule has 2 aromatic heterocycles. The number of nitrogens with zero attached hydrogens (tertiary/aromatic N) is 2. The molecule has 0 aliphatic rings. The minimum atomic E-state index is -1.65. The fraction of sp³-hybridized carbons (Fsp3) is 0.0455. The van der Waals surface area contributed by atoms with Crippen LogP contribution in [0.25, 0.3) is 66.1 Å². The predicted octanol–water partition coefficient (Wildman–Crippen LogP) is 11.3. The average Bonchev–Trinajstić information content (AvgIpc) is 3.65. The molecule has 1 unspecified atom stereocenters. The highest BCUT2D eigenvalue weighted by Gasteiger charge is 2.21. The zero-order valence-corrected chi connectivity index (χ0v) is 27.9. The first-order valence-corrected chi connectivity index (χ1v) is 17.5. The van der Waals surface area contributed by atoms with Crippen molar-refractivity contribution in [1.82, 2.24) is 9.13 Å². The largest absolute Gasteiger partial charge is 0.397 e. The Morgan fingerprint density at radius 2 is 1.00 bits per heavy atom. The van der Waals surface area contributed by atoms with Crippen molar-refractivity contribution in [2.24, 2.45) is 0 Å². The number of para-hydroxylation sites is 2. The van der Waals surface area contributed by atoms with Gasteiger partial charge in [0.05, 0.1) is 27.0 Å². The molecule has 0 saturated heterocycles. The normalized spacial score (nSPS) is 12.3. The summed E-state index contributed by atoms with van der Waals surface area (Å²) in [7, 11) is 0. The van der Waals surface area contributed by atoms with Gasteiger partial charge in [0.25, 0.3) is 0 Å². The van der Waals surface area contributed by atoms with Crippen molar-refractivity contribution in [2.75, 3.05) is 0 Å². The summed E-state index contributed by atoms with van der Waals surface area (Å²) in [4.78, 5) is 0.616. The van der Waals surface area contributed by atoms with Crippen LogP contribution in [0.4, 0.5) is 0 Å². The Balaban J connectivity index is 1.26. The molecule has 2 heterocycles. The highest BCUT2D eigenvalue weighted by Crippen LogP contribution is 2.42. The number of fused-ring (bicyclic) bond motifs is 7. The van der Waals surface area contributed by atoms with Crippen molar-refractivity contribution in [2.45, 2.75) is 18.7 Å². The summed E-state index contributed by atoms with van der Waals surface area (Å²) in [5.41, 5.74) is 11.1. The SMILES string of the molecule is Cc1cccc(OS(=O)c2cccc(-c3cccc(-n4c5ccccc5c5ccc6c7ccccc7n(-c7cccc(C)c7)c6c54)c3)c2)c1. The van der Waals surface area contributed by atoms with Crippen LogP contribution < -0.4 is 4.18 Å². The van der Waals surface area contributed by atoms with Crippen molar-refractivity contribution in [3.63, 3.8) is 0 Å². The van der Waals surface area contributed by atoms with E-state index in [0.717, 1.165) is 39.1 Å². The van der Waals surface area contributed by atoms with E-state index in [4.69, 9.17) is 4.18 Å². The molecule has 1 atom stereocenters.